The number of imidazole rings is 1. The minimum absolute atomic E-state index is 0.00424. The van der Waals surface area contributed by atoms with Crippen molar-refractivity contribution in [1.29, 1.82) is 0 Å². The van der Waals surface area contributed by atoms with Gasteiger partial charge in [0.25, 0.3) is 0 Å². The van der Waals surface area contributed by atoms with E-state index >= 15 is 0 Å². The van der Waals surface area contributed by atoms with E-state index in [1.165, 1.54) is 30.1 Å². The van der Waals surface area contributed by atoms with Crippen molar-refractivity contribution in [3.05, 3.63) is 34.4 Å². The molecule has 1 aromatic rings. The maximum atomic E-state index is 10.7. The lowest BCUT2D eigenvalue weighted by Crippen LogP contribution is -2.43. The number of nitrogens with two attached hydrogens (primary N) is 2. The van der Waals surface area contributed by atoms with Crippen LogP contribution in [-0.2, 0) is 16.1 Å². The summed E-state index contributed by atoms with van der Waals surface area (Å²) in [4.78, 5) is 24.4. The van der Waals surface area contributed by atoms with Gasteiger partial charge in [0, 0.05) is 13.1 Å². The van der Waals surface area contributed by atoms with Gasteiger partial charge in [-0.05, 0) is 4.92 Å². The maximum Gasteiger partial charge on any atom is 0.434 e. The number of carbonyl (C=O) groups excluding carboxylic acids is 1. The van der Waals surface area contributed by atoms with Crippen molar-refractivity contribution in [2.24, 2.45) is 11.6 Å². The Morgan fingerprint density at radius 1 is 1.73 bits per heavy atom. The first-order chi connectivity index (χ1) is 10.3. The average Bonchev–Trinajstić information content (AvgIpc) is 2.87. The van der Waals surface area contributed by atoms with E-state index in [9.17, 15) is 20.0 Å². The third-order valence-electron chi connectivity index (χ3n) is 2.64. The highest BCUT2D eigenvalue weighted by atomic mass is 16.6. The first-order valence-electron chi connectivity index (χ1n) is 6.24. The number of carbonyl (C=O) groups is 1. The van der Waals surface area contributed by atoms with Crippen LogP contribution in [0.4, 0.5) is 5.95 Å². The fourth-order valence-electron chi connectivity index (χ4n) is 1.58. The van der Waals surface area contributed by atoms with Crippen molar-refractivity contribution < 1.29 is 19.6 Å². The summed E-state index contributed by atoms with van der Waals surface area (Å²) >= 11 is 0. The molecule has 0 bridgehead atoms. The van der Waals surface area contributed by atoms with Gasteiger partial charge in [0.2, 0.25) is 0 Å². The third kappa shape index (κ3) is 5.03. The van der Waals surface area contributed by atoms with E-state index in [4.69, 9.17) is 16.3 Å². The summed E-state index contributed by atoms with van der Waals surface area (Å²) in [6.07, 6.45) is 3.99. The van der Waals surface area contributed by atoms with Gasteiger partial charge in [-0.3, -0.25) is 4.79 Å². The predicted molar refractivity (Wildman–Crippen MR) is 74.7 cm³/mol. The predicted octanol–water partition coefficient (Wildman–Crippen LogP) is -1.31. The molecule has 0 aliphatic heterocycles. The van der Waals surface area contributed by atoms with Crippen molar-refractivity contribution >= 4 is 11.9 Å². The van der Waals surface area contributed by atoms with Crippen LogP contribution in [0.25, 0.3) is 0 Å². The fraction of sp³-hybridized carbons (Fsp3) is 0.455. The van der Waals surface area contributed by atoms with Crippen LogP contribution in [0, 0.1) is 10.1 Å². The van der Waals surface area contributed by atoms with Crippen LogP contribution in [0.3, 0.4) is 0 Å². The lowest BCUT2D eigenvalue weighted by Gasteiger charge is -2.24. The van der Waals surface area contributed by atoms with Crippen LogP contribution in [-0.4, -0.2) is 49.8 Å². The summed E-state index contributed by atoms with van der Waals surface area (Å²) in [5, 5.41) is 21.0. The van der Waals surface area contributed by atoms with Gasteiger partial charge in [-0.15, -0.1) is 0 Å². The largest absolute Gasteiger partial charge is 0.464 e. The molecule has 11 nitrogen and oxygen atoms in total. The summed E-state index contributed by atoms with van der Waals surface area (Å²) in [5.74, 6) is 4.86. The van der Waals surface area contributed by atoms with Gasteiger partial charge in [0.15, 0.2) is 0 Å². The highest BCUT2D eigenvalue weighted by Gasteiger charge is 2.17. The van der Waals surface area contributed by atoms with E-state index in [0.29, 0.717) is 0 Å². The Hall–Kier alpha value is -2.66. The Morgan fingerprint density at radius 3 is 2.95 bits per heavy atom. The number of nitro groups is 1. The molecular weight excluding hydrogens is 296 g/mol. The molecule has 5 N–H and O–H groups in total. The molecule has 0 aliphatic carbocycles. The van der Waals surface area contributed by atoms with E-state index in [1.807, 2.05) is 0 Å². The van der Waals surface area contributed by atoms with E-state index in [-0.39, 0.29) is 31.4 Å². The number of hydrazine groups is 1. The normalized spacial score (nSPS) is 12.8. The van der Waals surface area contributed by atoms with Gasteiger partial charge in [-0.2, -0.15) is 0 Å². The maximum absolute atomic E-state index is 10.7. The van der Waals surface area contributed by atoms with Gasteiger partial charge in [-0.25, -0.2) is 10.4 Å². The molecule has 1 unspecified atom stereocenters. The van der Waals surface area contributed by atoms with Crippen LogP contribution in [0.1, 0.15) is 6.92 Å². The first-order valence-corrected chi connectivity index (χ1v) is 6.24. The number of allylic oxidation sites excluding steroid dienone is 1. The second kappa shape index (κ2) is 7.95. The number of rotatable bonds is 8. The summed E-state index contributed by atoms with van der Waals surface area (Å²) in [6.45, 7) is 0.753. The average molecular weight is 314 g/mol. The Morgan fingerprint density at radius 2 is 2.41 bits per heavy atom. The van der Waals surface area contributed by atoms with Crippen molar-refractivity contribution in [3.8, 4) is 0 Å². The van der Waals surface area contributed by atoms with Crippen LogP contribution >= 0.6 is 0 Å². The van der Waals surface area contributed by atoms with Crippen molar-refractivity contribution in [1.82, 2.24) is 14.6 Å². The number of esters is 1. The number of hydrogen-bond donors (Lipinski definition) is 3. The van der Waals surface area contributed by atoms with Crippen molar-refractivity contribution in [2.45, 2.75) is 19.5 Å². The monoisotopic (exact) mass is 314 g/mol. The molecule has 0 saturated carbocycles. The second-order valence-corrected chi connectivity index (χ2v) is 4.40. The van der Waals surface area contributed by atoms with Crippen molar-refractivity contribution in [2.75, 3.05) is 13.2 Å². The zero-order chi connectivity index (χ0) is 16.7. The Bertz CT molecular complexity index is 557. The van der Waals surface area contributed by atoms with Crippen LogP contribution in [0.2, 0.25) is 0 Å². The highest BCUT2D eigenvalue weighted by Crippen LogP contribution is 2.09. The van der Waals surface area contributed by atoms with E-state index in [2.05, 4.69) is 4.98 Å². The summed E-state index contributed by atoms with van der Waals surface area (Å²) in [5.41, 5.74) is 5.96. The molecule has 122 valence electrons. The Labute approximate surface area is 125 Å². The van der Waals surface area contributed by atoms with E-state index in [0.717, 1.165) is 5.01 Å². The quantitative estimate of drug-likeness (QED) is 0.229. The number of ether oxygens (including phenoxy) is 1. The topological polar surface area (TPSA) is 163 Å². The first kappa shape index (κ1) is 17.4. The Balaban J connectivity index is 2.71. The zero-order valence-corrected chi connectivity index (χ0v) is 12.0. The third-order valence-corrected chi connectivity index (χ3v) is 2.64. The minimum atomic E-state index is -0.680. The minimum Gasteiger partial charge on any atom is -0.464 e. The molecule has 1 atom stereocenters. The smallest absolute Gasteiger partial charge is 0.434 e. The van der Waals surface area contributed by atoms with Crippen molar-refractivity contribution in [3.63, 3.8) is 0 Å². The molecule has 1 aromatic heterocycles. The number of nitrogens with zero attached hydrogens (tertiary/aromatic N) is 4. The molecule has 22 heavy (non-hydrogen) atoms. The molecule has 0 saturated heterocycles. The molecule has 11 heteroatoms. The molecule has 0 aliphatic rings. The SMILES string of the molecule is CC(=O)OCC(CO)N(N)/C=C(\N)Cn1ccnc1[N+](=O)[O-]. The van der Waals surface area contributed by atoms with E-state index < -0.39 is 16.9 Å². The zero-order valence-electron chi connectivity index (χ0n) is 12.0. The lowest BCUT2D eigenvalue weighted by molar-refractivity contribution is -0.396. The van der Waals surface area contributed by atoms with Gasteiger partial charge >= 0.3 is 11.9 Å². The molecule has 0 fully saturated rings. The van der Waals surface area contributed by atoms with Gasteiger partial charge < -0.3 is 30.7 Å². The van der Waals surface area contributed by atoms with Gasteiger partial charge in [0.05, 0.1) is 12.3 Å². The van der Waals surface area contributed by atoms with Crippen LogP contribution in [0.5, 0.6) is 0 Å². The molecule has 0 radical (unpaired) electrons. The molecule has 0 aromatic carbocycles. The van der Waals surface area contributed by atoms with Gasteiger partial charge in [0.1, 0.15) is 31.6 Å². The Kier molecular flexibility index (Phi) is 6.28. The van der Waals surface area contributed by atoms with E-state index in [1.54, 1.807) is 0 Å². The molecule has 0 spiro atoms. The van der Waals surface area contributed by atoms with Crippen LogP contribution in [0.15, 0.2) is 24.3 Å². The standard InChI is InChI=1S/C11H18N6O5/c1-8(19)22-7-10(6-18)16(13)5-9(12)4-15-3-2-14-11(15)17(20)21/h2-3,5,10,18H,4,6-7,12-13H2,1H3/b9-5-. The second-order valence-electron chi connectivity index (χ2n) is 4.40. The number of hydrogen-bond acceptors (Lipinski definition) is 9. The number of aromatic nitrogens is 2. The lowest BCUT2D eigenvalue weighted by atomic mass is 10.3. The summed E-state index contributed by atoms with van der Waals surface area (Å²) in [6, 6.07) is -0.680. The summed E-state index contributed by atoms with van der Waals surface area (Å²) < 4.78 is 5.99. The molecular formula is C11H18N6O5. The fourth-order valence-corrected chi connectivity index (χ4v) is 1.58. The molecule has 1 heterocycles. The summed E-state index contributed by atoms with van der Waals surface area (Å²) in [7, 11) is 0. The molecule has 1 rings (SSSR count). The number of aliphatic hydroxyl groups is 1. The van der Waals surface area contributed by atoms with Crippen LogP contribution < -0.4 is 11.6 Å². The highest BCUT2D eigenvalue weighted by molar-refractivity contribution is 5.65. The van der Waals surface area contributed by atoms with Gasteiger partial charge in [-0.1, -0.05) is 4.98 Å². The number of aliphatic hydroxyl groups excluding tert-OH is 1. The molecule has 0 amide bonds.